The number of benzene rings is 1. The van der Waals surface area contributed by atoms with Crippen LogP contribution >= 0.6 is 0 Å². The molecule has 1 aliphatic carbocycles. The van der Waals surface area contributed by atoms with E-state index in [-0.39, 0.29) is 5.54 Å². The molecule has 108 valence electrons. The normalized spacial score (nSPS) is 26.9. The van der Waals surface area contributed by atoms with Gasteiger partial charge in [-0.3, -0.25) is 4.99 Å². The van der Waals surface area contributed by atoms with Crippen molar-refractivity contribution < 1.29 is 4.74 Å². The minimum absolute atomic E-state index is 0.189. The van der Waals surface area contributed by atoms with Crippen molar-refractivity contribution >= 4 is 5.96 Å². The van der Waals surface area contributed by atoms with Crippen LogP contribution < -0.4 is 10.5 Å². The van der Waals surface area contributed by atoms with Crippen LogP contribution in [0.5, 0.6) is 5.75 Å². The lowest BCUT2D eigenvalue weighted by molar-refractivity contribution is 0.163. The fourth-order valence-electron chi connectivity index (χ4n) is 3.70. The van der Waals surface area contributed by atoms with E-state index in [1.165, 1.54) is 31.2 Å². The number of nitrogens with two attached hydrogens (primary N) is 1. The summed E-state index contributed by atoms with van der Waals surface area (Å²) in [5, 5.41) is 0. The minimum atomic E-state index is -0.189. The molecule has 3 rings (SSSR count). The van der Waals surface area contributed by atoms with Crippen LogP contribution in [0.3, 0.4) is 0 Å². The highest BCUT2D eigenvalue weighted by molar-refractivity contribution is 5.82. The zero-order chi connectivity index (χ0) is 14.2. The summed E-state index contributed by atoms with van der Waals surface area (Å²) in [4.78, 5) is 6.86. The fourth-order valence-corrected chi connectivity index (χ4v) is 3.70. The van der Waals surface area contributed by atoms with Gasteiger partial charge in [-0.2, -0.15) is 0 Å². The van der Waals surface area contributed by atoms with E-state index in [9.17, 15) is 0 Å². The van der Waals surface area contributed by atoms with Crippen LogP contribution in [0.15, 0.2) is 29.3 Å². The Labute approximate surface area is 120 Å². The zero-order valence-electron chi connectivity index (χ0n) is 12.3. The van der Waals surface area contributed by atoms with Crippen LogP contribution in [-0.2, 0) is 5.54 Å². The maximum atomic E-state index is 6.20. The molecular weight excluding hydrogens is 250 g/mol. The first-order valence-electron chi connectivity index (χ1n) is 7.39. The Bertz CT molecular complexity index is 522. The molecule has 0 bridgehead atoms. The summed E-state index contributed by atoms with van der Waals surface area (Å²) in [6, 6.07) is 8.72. The van der Waals surface area contributed by atoms with E-state index in [1.807, 2.05) is 12.1 Å². The molecule has 2 aliphatic rings. The maximum absolute atomic E-state index is 6.20. The Morgan fingerprint density at radius 1 is 1.30 bits per heavy atom. The second kappa shape index (κ2) is 5.00. The molecule has 0 spiro atoms. The van der Waals surface area contributed by atoms with E-state index < -0.39 is 0 Å². The van der Waals surface area contributed by atoms with E-state index >= 15 is 0 Å². The minimum Gasteiger partial charge on any atom is -0.496 e. The first kappa shape index (κ1) is 13.3. The monoisotopic (exact) mass is 273 g/mol. The molecule has 20 heavy (non-hydrogen) atoms. The predicted octanol–water partition coefficient (Wildman–Crippen LogP) is 2.48. The van der Waals surface area contributed by atoms with Crippen molar-refractivity contribution in [1.82, 2.24) is 4.90 Å². The van der Waals surface area contributed by atoms with Crippen LogP contribution in [0.1, 0.15) is 38.2 Å². The summed E-state index contributed by atoms with van der Waals surface area (Å²) in [6.45, 7) is 2.93. The van der Waals surface area contributed by atoms with Gasteiger partial charge in [-0.15, -0.1) is 0 Å². The summed E-state index contributed by atoms with van der Waals surface area (Å²) in [5.41, 5.74) is 7.19. The van der Waals surface area contributed by atoms with Gasteiger partial charge in [0.2, 0.25) is 0 Å². The Kier molecular flexibility index (Phi) is 3.32. The van der Waals surface area contributed by atoms with Gasteiger partial charge in [-0.1, -0.05) is 31.0 Å². The van der Waals surface area contributed by atoms with Crippen molar-refractivity contribution in [2.45, 2.75) is 44.2 Å². The molecule has 1 aliphatic heterocycles. The summed E-state index contributed by atoms with van der Waals surface area (Å²) >= 11 is 0. The van der Waals surface area contributed by atoms with Gasteiger partial charge in [0.05, 0.1) is 19.2 Å². The Balaban J connectivity index is 2.01. The first-order chi connectivity index (χ1) is 9.66. The molecule has 0 radical (unpaired) electrons. The number of ether oxygens (including phenoxy) is 1. The van der Waals surface area contributed by atoms with Crippen molar-refractivity contribution in [2.24, 2.45) is 10.7 Å². The number of guanidine groups is 1. The topological polar surface area (TPSA) is 50.9 Å². The molecule has 2 N–H and O–H groups in total. The van der Waals surface area contributed by atoms with Crippen LogP contribution in [0.2, 0.25) is 0 Å². The molecule has 1 aromatic rings. The SMILES string of the molecule is COc1ccccc1C1(C)CN=C(N)N1C1CCCC1. The van der Waals surface area contributed by atoms with Crippen LogP contribution in [0.4, 0.5) is 0 Å². The van der Waals surface area contributed by atoms with Gasteiger partial charge in [0.1, 0.15) is 5.75 Å². The van der Waals surface area contributed by atoms with Crippen LogP contribution in [0, 0.1) is 0 Å². The van der Waals surface area contributed by atoms with E-state index in [2.05, 4.69) is 28.9 Å². The molecule has 1 atom stereocenters. The molecule has 1 unspecified atom stereocenters. The third kappa shape index (κ3) is 1.94. The fraction of sp³-hybridized carbons (Fsp3) is 0.562. The first-order valence-corrected chi connectivity index (χ1v) is 7.39. The summed E-state index contributed by atoms with van der Waals surface area (Å²) < 4.78 is 5.55. The van der Waals surface area contributed by atoms with Gasteiger partial charge in [-0.25, -0.2) is 0 Å². The Morgan fingerprint density at radius 3 is 2.70 bits per heavy atom. The number of hydrogen-bond acceptors (Lipinski definition) is 4. The van der Waals surface area contributed by atoms with Crippen molar-refractivity contribution in [2.75, 3.05) is 13.7 Å². The highest BCUT2D eigenvalue weighted by atomic mass is 16.5. The lowest BCUT2D eigenvalue weighted by Gasteiger charge is -2.41. The summed E-state index contributed by atoms with van der Waals surface area (Å²) in [6.07, 6.45) is 4.99. The van der Waals surface area contributed by atoms with Gasteiger partial charge >= 0.3 is 0 Å². The molecule has 1 fully saturated rings. The van der Waals surface area contributed by atoms with E-state index in [1.54, 1.807) is 7.11 Å². The summed E-state index contributed by atoms with van der Waals surface area (Å²) in [7, 11) is 1.72. The quantitative estimate of drug-likeness (QED) is 0.920. The maximum Gasteiger partial charge on any atom is 0.192 e. The van der Waals surface area contributed by atoms with Crippen LogP contribution in [-0.4, -0.2) is 30.6 Å². The zero-order valence-corrected chi connectivity index (χ0v) is 12.3. The number of aliphatic imine (C=N–C) groups is 1. The number of nitrogens with zero attached hydrogens (tertiary/aromatic N) is 2. The van der Waals surface area contributed by atoms with Gasteiger partial charge in [0.15, 0.2) is 5.96 Å². The molecule has 0 saturated heterocycles. The second-order valence-electron chi connectivity index (χ2n) is 5.96. The molecular formula is C16H23N3O. The predicted molar refractivity (Wildman–Crippen MR) is 80.9 cm³/mol. The molecule has 1 saturated carbocycles. The standard InChI is InChI=1S/C16H23N3O/c1-16(13-9-5-6-10-14(13)20-2)11-18-15(17)19(16)12-7-3-4-8-12/h5-6,9-10,12H,3-4,7-8,11H2,1-2H3,(H2,17,18). The third-order valence-electron chi connectivity index (χ3n) is 4.70. The molecule has 4 heteroatoms. The molecule has 1 aromatic carbocycles. The van der Waals surface area contributed by atoms with E-state index in [0.29, 0.717) is 18.5 Å². The van der Waals surface area contributed by atoms with Gasteiger partial charge < -0.3 is 15.4 Å². The average Bonchev–Trinajstić information content (AvgIpc) is 3.08. The highest BCUT2D eigenvalue weighted by Crippen LogP contribution is 2.41. The molecule has 4 nitrogen and oxygen atoms in total. The number of methoxy groups -OCH3 is 1. The number of hydrogen-bond donors (Lipinski definition) is 1. The average molecular weight is 273 g/mol. The Hall–Kier alpha value is -1.71. The number of para-hydroxylation sites is 1. The smallest absolute Gasteiger partial charge is 0.192 e. The van der Waals surface area contributed by atoms with Gasteiger partial charge in [-0.05, 0) is 25.8 Å². The highest BCUT2D eigenvalue weighted by Gasteiger charge is 2.45. The second-order valence-corrected chi connectivity index (χ2v) is 5.96. The molecule has 0 amide bonds. The summed E-state index contributed by atoms with van der Waals surface area (Å²) in [5.74, 6) is 1.60. The van der Waals surface area contributed by atoms with Gasteiger partial charge in [0.25, 0.3) is 0 Å². The van der Waals surface area contributed by atoms with Crippen molar-refractivity contribution in [1.29, 1.82) is 0 Å². The van der Waals surface area contributed by atoms with E-state index in [4.69, 9.17) is 10.5 Å². The largest absolute Gasteiger partial charge is 0.496 e. The van der Waals surface area contributed by atoms with Crippen molar-refractivity contribution in [3.05, 3.63) is 29.8 Å². The van der Waals surface area contributed by atoms with Gasteiger partial charge in [0, 0.05) is 11.6 Å². The lowest BCUT2D eigenvalue weighted by Crippen LogP contribution is -2.52. The lowest BCUT2D eigenvalue weighted by atomic mass is 9.88. The Morgan fingerprint density at radius 2 is 2.00 bits per heavy atom. The molecule has 1 heterocycles. The third-order valence-corrected chi connectivity index (χ3v) is 4.70. The van der Waals surface area contributed by atoms with Crippen LogP contribution in [0.25, 0.3) is 0 Å². The van der Waals surface area contributed by atoms with Crippen molar-refractivity contribution in [3.63, 3.8) is 0 Å². The molecule has 0 aromatic heterocycles. The van der Waals surface area contributed by atoms with Crippen molar-refractivity contribution in [3.8, 4) is 5.75 Å². The number of rotatable bonds is 3. The van der Waals surface area contributed by atoms with E-state index in [0.717, 1.165) is 5.75 Å².